The summed E-state index contributed by atoms with van der Waals surface area (Å²) in [5, 5.41) is 2.80. The third-order valence-corrected chi connectivity index (χ3v) is 2.11. The number of rotatable bonds is 7. The Morgan fingerprint density at radius 1 is 1.33 bits per heavy atom. The molecular weight excluding hydrogens is 193 g/mol. The first-order valence-electron chi connectivity index (χ1n) is 5.23. The van der Waals surface area contributed by atoms with Crippen LogP contribution in [0.1, 0.15) is 12.0 Å². The van der Waals surface area contributed by atoms with Crippen LogP contribution in [0.2, 0.25) is 0 Å². The lowest BCUT2D eigenvalue weighted by molar-refractivity contribution is 0.0996. The molecule has 0 aliphatic rings. The second-order valence-electron chi connectivity index (χ2n) is 3.48. The predicted molar refractivity (Wildman–Crippen MR) is 59.5 cm³/mol. The van der Waals surface area contributed by atoms with Gasteiger partial charge < -0.3 is 10.1 Å². The summed E-state index contributed by atoms with van der Waals surface area (Å²) in [4.78, 5) is 0. The standard InChI is InChI=1S/C12H18FNO/c1-14-9-12(13)7-8-15-10-11-5-3-2-4-6-11/h2-6,12,14H,7-10H2,1H3. The number of alkyl halides is 1. The van der Waals surface area contributed by atoms with Gasteiger partial charge in [0, 0.05) is 19.6 Å². The Labute approximate surface area is 90.4 Å². The summed E-state index contributed by atoms with van der Waals surface area (Å²) in [5.74, 6) is 0. The molecule has 0 aliphatic heterocycles. The lowest BCUT2D eigenvalue weighted by Crippen LogP contribution is -2.21. The molecule has 1 N–H and O–H groups in total. The molecular formula is C12H18FNO. The summed E-state index contributed by atoms with van der Waals surface area (Å²) >= 11 is 0. The molecule has 3 heteroatoms. The monoisotopic (exact) mass is 211 g/mol. The van der Waals surface area contributed by atoms with E-state index in [1.165, 1.54) is 0 Å². The van der Waals surface area contributed by atoms with Crippen molar-refractivity contribution in [3.05, 3.63) is 35.9 Å². The molecule has 0 aliphatic carbocycles. The number of benzene rings is 1. The van der Waals surface area contributed by atoms with Crippen LogP contribution in [0.4, 0.5) is 4.39 Å². The largest absolute Gasteiger partial charge is 0.377 e. The maximum atomic E-state index is 13.0. The van der Waals surface area contributed by atoms with E-state index in [0.717, 1.165) is 5.56 Å². The molecule has 0 bridgehead atoms. The van der Waals surface area contributed by atoms with Crippen molar-refractivity contribution in [2.75, 3.05) is 20.2 Å². The molecule has 0 radical (unpaired) electrons. The molecule has 1 aromatic carbocycles. The van der Waals surface area contributed by atoms with Gasteiger partial charge in [0.2, 0.25) is 0 Å². The molecule has 0 saturated heterocycles. The lowest BCUT2D eigenvalue weighted by atomic mass is 10.2. The zero-order valence-electron chi connectivity index (χ0n) is 9.08. The van der Waals surface area contributed by atoms with Crippen LogP contribution < -0.4 is 5.32 Å². The molecule has 0 saturated carbocycles. The number of hydrogen-bond donors (Lipinski definition) is 1. The predicted octanol–water partition coefficient (Wildman–Crippen LogP) is 2.15. The van der Waals surface area contributed by atoms with Crippen molar-refractivity contribution in [1.82, 2.24) is 5.32 Å². The Morgan fingerprint density at radius 3 is 2.73 bits per heavy atom. The average molecular weight is 211 g/mol. The highest BCUT2D eigenvalue weighted by atomic mass is 19.1. The topological polar surface area (TPSA) is 21.3 Å². The molecule has 0 aromatic heterocycles. The minimum absolute atomic E-state index is 0.398. The van der Waals surface area contributed by atoms with Gasteiger partial charge in [-0.3, -0.25) is 0 Å². The third-order valence-electron chi connectivity index (χ3n) is 2.11. The summed E-state index contributed by atoms with van der Waals surface area (Å²) in [6.45, 7) is 1.43. The van der Waals surface area contributed by atoms with Crippen LogP contribution >= 0.6 is 0 Å². The van der Waals surface area contributed by atoms with Gasteiger partial charge in [0.25, 0.3) is 0 Å². The van der Waals surface area contributed by atoms with E-state index >= 15 is 0 Å². The number of ether oxygens (including phenoxy) is 1. The average Bonchev–Trinajstić information content (AvgIpc) is 2.26. The summed E-state index contributed by atoms with van der Waals surface area (Å²) in [6, 6.07) is 9.91. The van der Waals surface area contributed by atoms with Gasteiger partial charge in [-0.25, -0.2) is 4.39 Å². The zero-order chi connectivity index (χ0) is 10.9. The van der Waals surface area contributed by atoms with Gasteiger partial charge in [-0.05, 0) is 12.6 Å². The smallest absolute Gasteiger partial charge is 0.115 e. The van der Waals surface area contributed by atoms with Crippen molar-refractivity contribution in [2.24, 2.45) is 0 Å². The van der Waals surface area contributed by atoms with Crippen LogP contribution in [0.25, 0.3) is 0 Å². The van der Waals surface area contributed by atoms with Crippen LogP contribution in [-0.2, 0) is 11.3 Å². The van der Waals surface area contributed by atoms with Crippen molar-refractivity contribution in [2.45, 2.75) is 19.2 Å². The van der Waals surface area contributed by atoms with Crippen molar-refractivity contribution < 1.29 is 9.13 Å². The molecule has 0 spiro atoms. The van der Waals surface area contributed by atoms with Crippen molar-refractivity contribution >= 4 is 0 Å². The molecule has 1 atom stereocenters. The fourth-order valence-electron chi connectivity index (χ4n) is 1.30. The quantitative estimate of drug-likeness (QED) is 0.698. The molecule has 1 unspecified atom stereocenters. The highest BCUT2D eigenvalue weighted by molar-refractivity contribution is 5.13. The highest BCUT2D eigenvalue weighted by Crippen LogP contribution is 2.02. The molecule has 0 heterocycles. The maximum absolute atomic E-state index is 13.0. The Kier molecular flexibility index (Phi) is 5.97. The van der Waals surface area contributed by atoms with Gasteiger partial charge in [0.15, 0.2) is 0 Å². The van der Waals surface area contributed by atoms with Crippen molar-refractivity contribution in [3.8, 4) is 0 Å². The fraction of sp³-hybridized carbons (Fsp3) is 0.500. The van der Waals surface area contributed by atoms with E-state index in [2.05, 4.69) is 5.32 Å². The van der Waals surface area contributed by atoms with Crippen LogP contribution in [0.5, 0.6) is 0 Å². The maximum Gasteiger partial charge on any atom is 0.115 e. The summed E-state index contributed by atoms with van der Waals surface area (Å²) < 4.78 is 18.4. The first-order chi connectivity index (χ1) is 7.33. The van der Waals surface area contributed by atoms with Crippen LogP contribution in [0.3, 0.4) is 0 Å². The van der Waals surface area contributed by atoms with Gasteiger partial charge in [0.1, 0.15) is 6.17 Å². The Hall–Kier alpha value is -0.930. The molecule has 84 valence electrons. The fourth-order valence-corrected chi connectivity index (χ4v) is 1.30. The summed E-state index contributed by atoms with van der Waals surface area (Å²) in [6.07, 6.45) is -0.362. The van der Waals surface area contributed by atoms with Crippen molar-refractivity contribution in [1.29, 1.82) is 0 Å². The summed E-state index contributed by atoms with van der Waals surface area (Å²) in [5.41, 5.74) is 1.13. The number of halogens is 1. The second-order valence-corrected chi connectivity index (χ2v) is 3.48. The van der Waals surface area contributed by atoms with E-state index in [9.17, 15) is 4.39 Å². The van der Waals surface area contributed by atoms with Gasteiger partial charge in [-0.1, -0.05) is 30.3 Å². The molecule has 15 heavy (non-hydrogen) atoms. The van der Waals surface area contributed by atoms with E-state index in [4.69, 9.17) is 4.74 Å². The van der Waals surface area contributed by atoms with Gasteiger partial charge >= 0.3 is 0 Å². The normalized spacial score (nSPS) is 12.7. The molecule has 1 rings (SSSR count). The molecule has 1 aromatic rings. The first-order valence-corrected chi connectivity index (χ1v) is 5.23. The van der Waals surface area contributed by atoms with Gasteiger partial charge in [-0.2, -0.15) is 0 Å². The van der Waals surface area contributed by atoms with E-state index < -0.39 is 6.17 Å². The number of hydrogen-bond acceptors (Lipinski definition) is 2. The second kappa shape index (κ2) is 7.37. The zero-order valence-corrected chi connectivity index (χ0v) is 9.08. The van der Waals surface area contributed by atoms with Gasteiger partial charge in [0.05, 0.1) is 6.61 Å². The van der Waals surface area contributed by atoms with E-state index in [-0.39, 0.29) is 0 Å². The van der Waals surface area contributed by atoms with Crippen LogP contribution in [0, 0.1) is 0 Å². The van der Waals surface area contributed by atoms with E-state index in [0.29, 0.717) is 26.2 Å². The minimum atomic E-state index is -0.814. The molecule has 0 amide bonds. The summed E-state index contributed by atoms with van der Waals surface area (Å²) in [7, 11) is 1.75. The minimum Gasteiger partial charge on any atom is -0.377 e. The van der Waals surface area contributed by atoms with Crippen molar-refractivity contribution in [3.63, 3.8) is 0 Å². The van der Waals surface area contributed by atoms with E-state index in [1.54, 1.807) is 7.05 Å². The van der Waals surface area contributed by atoms with Crippen LogP contribution in [0.15, 0.2) is 30.3 Å². The highest BCUT2D eigenvalue weighted by Gasteiger charge is 2.03. The third kappa shape index (κ3) is 5.50. The molecule has 2 nitrogen and oxygen atoms in total. The van der Waals surface area contributed by atoms with Crippen LogP contribution in [-0.4, -0.2) is 26.4 Å². The molecule has 0 fully saturated rings. The Bertz CT molecular complexity index is 253. The van der Waals surface area contributed by atoms with Gasteiger partial charge in [-0.15, -0.1) is 0 Å². The first kappa shape index (κ1) is 12.1. The number of nitrogens with one attached hydrogen (secondary N) is 1. The Morgan fingerprint density at radius 2 is 2.07 bits per heavy atom. The SMILES string of the molecule is CNCC(F)CCOCc1ccccc1. The lowest BCUT2D eigenvalue weighted by Gasteiger charge is -2.08. The van der Waals surface area contributed by atoms with E-state index in [1.807, 2.05) is 30.3 Å². The Balaban J connectivity index is 2.07.